The maximum absolute atomic E-state index is 6.03. The van der Waals surface area contributed by atoms with Crippen LogP contribution in [-0.2, 0) is 0 Å². The zero-order valence-corrected chi connectivity index (χ0v) is 10.8. The van der Waals surface area contributed by atoms with Gasteiger partial charge in [-0.15, -0.1) is 0 Å². The Morgan fingerprint density at radius 1 is 1.25 bits per heavy atom. The minimum absolute atomic E-state index is 0.654. The molecule has 0 heterocycles. The molecule has 0 aromatic heterocycles. The summed E-state index contributed by atoms with van der Waals surface area (Å²) in [6.07, 6.45) is 8.53. The van der Waals surface area contributed by atoms with Crippen molar-refractivity contribution in [2.45, 2.75) is 51.4 Å². The second-order valence-corrected chi connectivity index (χ2v) is 5.63. The molecule has 1 atom stereocenters. The fourth-order valence-corrected chi connectivity index (χ4v) is 3.07. The summed E-state index contributed by atoms with van der Waals surface area (Å²) in [5.74, 6) is 1.60. The van der Waals surface area contributed by atoms with Crippen molar-refractivity contribution in [2.24, 2.45) is 5.92 Å². The molecule has 1 heteroatoms. The minimum Gasteiger partial charge on any atom is -0.0843 e. The summed E-state index contributed by atoms with van der Waals surface area (Å²) < 4.78 is 0. The molecule has 16 heavy (non-hydrogen) atoms. The molecule has 0 amide bonds. The molecule has 0 radical (unpaired) electrons. The maximum atomic E-state index is 6.03. The SMILES string of the molecule is C[C@@H](CC1CCCCC1)c1cccc(Cl)c1. The predicted molar refractivity (Wildman–Crippen MR) is 71.1 cm³/mol. The van der Waals surface area contributed by atoms with Gasteiger partial charge in [-0.05, 0) is 36.0 Å². The van der Waals surface area contributed by atoms with E-state index in [9.17, 15) is 0 Å². The Balaban J connectivity index is 1.94. The van der Waals surface area contributed by atoms with E-state index >= 15 is 0 Å². The van der Waals surface area contributed by atoms with Gasteiger partial charge in [0.1, 0.15) is 0 Å². The monoisotopic (exact) mass is 236 g/mol. The molecule has 0 nitrogen and oxygen atoms in total. The van der Waals surface area contributed by atoms with Gasteiger partial charge < -0.3 is 0 Å². The van der Waals surface area contributed by atoms with E-state index in [1.54, 1.807) is 0 Å². The highest BCUT2D eigenvalue weighted by molar-refractivity contribution is 6.30. The summed E-state index contributed by atoms with van der Waals surface area (Å²) in [7, 11) is 0. The highest BCUT2D eigenvalue weighted by atomic mass is 35.5. The molecule has 0 N–H and O–H groups in total. The van der Waals surface area contributed by atoms with Gasteiger partial charge in [0.15, 0.2) is 0 Å². The molecule has 1 aromatic rings. The van der Waals surface area contributed by atoms with E-state index in [0.29, 0.717) is 5.92 Å². The lowest BCUT2D eigenvalue weighted by atomic mass is 9.81. The lowest BCUT2D eigenvalue weighted by Gasteiger charge is -2.24. The largest absolute Gasteiger partial charge is 0.0843 e. The van der Waals surface area contributed by atoms with Crippen LogP contribution in [0.4, 0.5) is 0 Å². The van der Waals surface area contributed by atoms with Crippen molar-refractivity contribution >= 4 is 11.6 Å². The van der Waals surface area contributed by atoms with Gasteiger partial charge in [-0.25, -0.2) is 0 Å². The van der Waals surface area contributed by atoms with Crippen LogP contribution in [-0.4, -0.2) is 0 Å². The van der Waals surface area contributed by atoms with E-state index in [1.165, 1.54) is 44.1 Å². The molecule has 1 aromatic carbocycles. The summed E-state index contributed by atoms with van der Waals surface area (Å²) in [5, 5.41) is 0.869. The van der Waals surface area contributed by atoms with Crippen molar-refractivity contribution in [2.75, 3.05) is 0 Å². The smallest absolute Gasteiger partial charge is 0.0408 e. The summed E-state index contributed by atoms with van der Waals surface area (Å²) in [5.41, 5.74) is 1.40. The maximum Gasteiger partial charge on any atom is 0.0408 e. The predicted octanol–water partition coefficient (Wildman–Crippen LogP) is 5.41. The lowest BCUT2D eigenvalue weighted by Crippen LogP contribution is -2.09. The van der Waals surface area contributed by atoms with Crippen LogP contribution < -0.4 is 0 Å². The number of rotatable bonds is 3. The van der Waals surface area contributed by atoms with Gasteiger partial charge in [0.2, 0.25) is 0 Å². The van der Waals surface area contributed by atoms with E-state index in [-0.39, 0.29) is 0 Å². The molecule has 0 unspecified atom stereocenters. The highest BCUT2D eigenvalue weighted by Crippen LogP contribution is 2.33. The topological polar surface area (TPSA) is 0 Å². The molecule has 0 spiro atoms. The normalized spacial score (nSPS) is 19.6. The summed E-state index contributed by atoms with van der Waals surface area (Å²) in [4.78, 5) is 0. The van der Waals surface area contributed by atoms with Crippen LogP contribution in [0.1, 0.15) is 56.9 Å². The fraction of sp³-hybridized carbons (Fsp3) is 0.600. The first-order chi connectivity index (χ1) is 7.75. The standard InChI is InChI=1S/C15H21Cl/c1-12(10-13-6-3-2-4-7-13)14-8-5-9-15(16)11-14/h5,8-9,11-13H,2-4,6-7,10H2,1H3/t12-/m0/s1. The third-order valence-corrected chi connectivity index (χ3v) is 4.06. The summed E-state index contributed by atoms with van der Waals surface area (Å²) in [6, 6.07) is 8.35. The van der Waals surface area contributed by atoms with Crippen molar-refractivity contribution in [1.29, 1.82) is 0 Å². The summed E-state index contributed by atoms with van der Waals surface area (Å²) in [6.45, 7) is 2.33. The Bertz CT molecular complexity index is 326. The average molecular weight is 237 g/mol. The van der Waals surface area contributed by atoms with Crippen molar-refractivity contribution < 1.29 is 0 Å². The Morgan fingerprint density at radius 3 is 2.69 bits per heavy atom. The molecule has 1 aliphatic carbocycles. The van der Waals surface area contributed by atoms with Crippen molar-refractivity contribution in [1.82, 2.24) is 0 Å². The van der Waals surface area contributed by atoms with Gasteiger partial charge in [-0.1, -0.05) is 62.8 Å². The second kappa shape index (κ2) is 5.72. The van der Waals surface area contributed by atoms with Gasteiger partial charge in [0.05, 0.1) is 0 Å². The van der Waals surface area contributed by atoms with E-state index in [4.69, 9.17) is 11.6 Å². The first-order valence-electron chi connectivity index (χ1n) is 6.51. The third-order valence-electron chi connectivity index (χ3n) is 3.83. The Kier molecular flexibility index (Phi) is 4.29. The van der Waals surface area contributed by atoms with Crippen LogP contribution in [0, 0.1) is 5.92 Å². The fourth-order valence-electron chi connectivity index (χ4n) is 2.87. The number of benzene rings is 1. The van der Waals surface area contributed by atoms with Crippen LogP contribution >= 0.6 is 11.6 Å². The molecule has 2 rings (SSSR count). The van der Waals surface area contributed by atoms with Gasteiger partial charge in [-0.2, -0.15) is 0 Å². The van der Waals surface area contributed by atoms with Crippen LogP contribution in [0.25, 0.3) is 0 Å². The van der Waals surface area contributed by atoms with Gasteiger partial charge >= 0.3 is 0 Å². The van der Waals surface area contributed by atoms with Crippen molar-refractivity contribution in [3.8, 4) is 0 Å². The second-order valence-electron chi connectivity index (χ2n) is 5.20. The Morgan fingerprint density at radius 2 is 2.00 bits per heavy atom. The lowest BCUT2D eigenvalue weighted by molar-refractivity contribution is 0.323. The Hall–Kier alpha value is -0.490. The number of hydrogen-bond donors (Lipinski definition) is 0. The van der Waals surface area contributed by atoms with Crippen LogP contribution in [0.2, 0.25) is 5.02 Å². The summed E-state index contributed by atoms with van der Waals surface area (Å²) >= 11 is 6.03. The Labute approximate surface area is 104 Å². The zero-order valence-electron chi connectivity index (χ0n) is 10.1. The van der Waals surface area contributed by atoms with Crippen LogP contribution in [0.3, 0.4) is 0 Å². The minimum atomic E-state index is 0.654. The number of hydrogen-bond acceptors (Lipinski definition) is 0. The van der Waals surface area contributed by atoms with Crippen molar-refractivity contribution in [3.63, 3.8) is 0 Å². The molecule has 0 bridgehead atoms. The van der Waals surface area contributed by atoms with Gasteiger partial charge in [0.25, 0.3) is 0 Å². The van der Waals surface area contributed by atoms with E-state index < -0.39 is 0 Å². The first kappa shape index (κ1) is 12.0. The van der Waals surface area contributed by atoms with E-state index in [0.717, 1.165) is 10.9 Å². The average Bonchev–Trinajstić information content (AvgIpc) is 2.30. The highest BCUT2D eigenvalue weighted by Gasteiger charge is 2.17. The molecule has 0 aliphatic heterocycles. The van der Waals surface area contributed by atoms with E-state index in [1.807, 2.05) is 6.07 Å². The van der Waals surface area contributed by atoms with Gasteiger partial charge in [-0.3, -0.25) is 0 Å². The number of halogens is 1. The van der Waals surface area contributed by atoms with E-state index in [2.05, 4.69) is 25.1 Å². The van der Waals surface area contributed by atoms with Gasteiger partial charge in [0, 0.05) is 5.02 Å². The molecule has 0 saturated heterocycles. The molecule has 1 saturated carbocycles. The molecular formula is C15H21Cl. The van der Waals surface area contributed by atoms with Crippen LogP contribution in [0.15, 0.2) is 24.3 Å². The van der Waals surface area contributed by atoms with Crippen LogP contribution in [0.5, 0.6) is 0 Å². The third kappa shape index (κ3) is 3.25. The first-order valence-corrected chi connectivity index (χ1v) is 6.89. The molecule has 1 fully saturated rings. The molecule has 88 valence electrons. The molecule has 1 aliphatic rings. The van der Waals surface area contributed by atoms with Crippen molar-refractivity contribution in [3.05, 3.63) is 34.9 Å². The molecular weight excluding hydrogens is 216 g/mol. The zero-order chi connectivity index (χ0) is 11.4. The quantitative estimate of drug-likeness (QED) is 0.658.